The van der Waals surface area contributed by atoms with E-state index in [-0.39, 0.29) is 46.8 Å². The number of nitrogens with one attached hydrogen (secondary N) is 1. The van der Waals surface area contributed by atoms with Gasteiger partial charge in [0.2, 0.25) is 0 Å². The van der Waals surface area contributed by atoms with E-state index in [9.17, 15) is 18.8 Å². The molecule has 0 atom stereocenters. The van der Waals surface area contributed by atoms with Gasteiger partial charge >= 0.3 is 11.9 Å². The van der Waals surface area contributed by atoms with Crippen molar-refractivity contribution >= 4 is 34.2 Å². The van der Waals surface area contributed by atoms with Gasteiger partial charge in [-0.15, -0.1) is 11.3 Å². The van der Waals surface area contributed by atoms with Crippen LogP contribution in [0.25, 0.3) is 0 Å². The molecule has 0 spiro atoms. The molecule has 0 radical (unpaired) electrons. The van der Waals surface area contributed by atoms with Crippen molar-refractivity contribution in [2.24, 2.45) is 0 Å². The van der Waals surface area contributed by atoms with Crippen molar-refractivity contribution in [3.63, 3.8) is 0 Å². The molecule has 8 nitrogen and oxygen atoms in total. The van der Waals surface area contributed by atoms with E-state index in [0.717, 1.165) is 11.3 Å². The molecule has 0 fully saturated rings. The van der Waals surface area contributed by atoms with Gasteiger partial charge in [-0.3, -0.25) is 4.79 Å². The summed E-state index contributed by atoms with van der Waals surface area (Å²) in [6.45, 7) is 5.24. The molecule has 0 aliphatic heterocycles. The lowest BCUT2D eigenvalue weighted by atomic mass is 10.1. The number of ether oxygens (including phenoxy) is 3. The average Bonchev–Trinajstić information content (AvgIpc) is 3.38. The first-order valence-electron chi connectivity index (χ1n) is 10.1. The Labute approximate surface area is 193 Å². The van der Waals surface area contributed by atoms with Gasteiger partial charge in [0.15, 0.2) is 5.76 Å². The minimum Gasteiger partial charge on any atom is -0.486 e. The molecule has 0 aliphatic rings. The molecule has 3 rings (SSSR count). The van der Waals surface area contributed by atoms with Gasteiger partial charge in [0.1, 0.15) is 33.8 Å². The van der Waals surface area contributed by atoms with Crippen molar-refractivity contribution in [3.05, 3.63) is 69.7 Å². The van der Waals surface area contributed by atoms with Crippen molar-refractivity contribution in [1.29, 1.82) is 0 Å². The summed E-state index contributed by atoms with van der Waals surface area (Å²) in [6, 6.07) is 8.51. The topological polar surface area (TPSA) is 104 Å². The number of furan rings is 1. The van der Waals surface area contributed by atoms with Gasteiger partial charge < -0.3 is 23.9 Å². The number of carbonyl (C=O) groups is 3. The highest BCUT2D eigenvalue weighted by Gasteiger charge is 2.28. The largest absolute Gasteiger partial charge is 0.486 e. The third-order valence-electron chi connectivity index (χ3n) is 4.39. The number of hydrogen-bond acceptors (Lipinski definition) is 8. The van der Waals surface area contributed by atoms with Gasteiger partial charge in [0.05, 0.1) is 18.8 Å². The summed E-state index contributed by atoms with van der Waals surface area (Å²) in [4.78, 5) is 37.6. The molecule has 2 aromatic heterocycles. The molecule has 2 heterocycles. The Morgan fingerprint density at radius 1 is 1.00 bits per heavy atom. The van der Waals surface area contributed by atoms with Gasteiger partial charge in [-0.25, -0.2) is 14.0 Å². The van der Waals surface area contributed by atoms with E-state index in [1.165, 1.54) is 30.3 Å². The fourth-order valence-corrected chi connectivity index (χ4v) is 3.95. The van der Waals surface area contributed by atoms with Crippen LogP contribution in [0, 0.1) is 12.7 Å². The molecule has 0 saturated carbocycles. The first-order valence-corrected chi connectivity index (χ1v) is 10.9. The van der Waals surface area contributed by atoms with Crippen LogP contribution in [0.15, 0.2) is 40.8 Å². The zero-order valence-corrected chi connectivity index (χ0v) is 19.0. The lowest BCUT2D eigenvalue weighted by molar-refractivity contribution is 0.0527. The number of anilines is 1. The summed E-state index contributed by atoms with van der Waals surface area (Å²) in [5, 5.41) is 2.76. The molecule has 0 aliphatic carbocycles. The standard InChI is InChI=1S/C23H22FNO7S/c1-4-29-22(27)18-13(3)19(23(28)30-5-2)33-21(18)25-20(26)17-11-10-16(32-17)12-31-15-8-6-14(24)7-9-15/h6-11H,4-5,12H2,1-3H3,(H,25,26). The summed E-state index contributed by atoms with van der Waals surface area (Å²) < 4.78 is 34.1. The van der Waals surface area contributed by atoms with Gasteiger partial charge in [-0.1, -0.05) is 0 Å². The van der Waals surface area contributed by atoms with Crippen molar-refractivity contribution in [3.8, 4) is 5.75 Å². The second-order valence-electron chi connectivity index (χ2n) is 6.66. The Bertz CT molecular complexity index is 1150. The number of amides is 1. The second kappa shape index (κ2) is 10.8. The summed E-state index contributed by atoms with van der Waals surface area (Å²) in [7, 11) is 0. The predicted molar refractivity (Wildman–Crippen MR) is 118 cm³/mol. The van der Waals surface area contributed by atoms with Crippen LogP contribution in [0.5, 0.6) is 5.75 Å². The first-order chi connectivity index (χ1) is 15.8. The van der Waals surface area contributed by atoms with E-state index in [4.69, 9.17) is 18.6 Å². The summed E-state index contributed by atoms with van der Waals surface area (Å²) >= 11 is 0.923. The van der Waals surface area contributed by atoms with E-state index in [2.05, 4.69) is 5.32 Å². The maximum atomic E-state index is 13.0. The predicted octanol–water partition coefficient (Wildman–Crippen LogP) is 4.97. The lowest BCUT2D eigenvalue weighted by Gasteiger charge is -2.06. The fraction of sp³-hybridized carbons (Fsp3) is 0.261. The van der Waals surface area contributed by atoms with E-state index in [0.29, 0.717) is 17.1 Å². The maximum absolute atomic E-state index is 13.0. The van der Waals surface area contributed by atoms with Crippen molar-refractivity contribution in [1.82, 2.24) is 0 Å². The monoisotopic (exact) mass is 475 g/mol. The van der Waals surface area contributed by atoms with E-state index >= 15 is 0 Å². The number of rotatable bonds is 9. The van der Waals surface area contributed by atoms with Crippen LogP contribution < -0.4 is 10.1 Å². The molecule has 1 N–H and O–H groups in total. The number of carbonyl (C=O) groups excluding carboxylic acids is 3. The van der Waals surface area contributed by atoms with Gasteiger partial charge in [-0.05, 0) is 62.7 Å². The van der Waals surface area contributed by atoms with Crippen LogP contribution in [-0.2, 0) is 16.1 Å². The quantitative estimate of drug-likeness (QED) is 0.436. The van der Waals surface area contributed by atoms with E-state index < -0.39 is 17.8 Å². The molecule has 1 aromatic carbocycles. The van der Waals surface area contributed by atoms with Crippen LogP contribution in [0.2, 0.25) is 0 Å². The number of esters is 2. The van der Waals surface area contributed by atoms with Gasteiger partial charge in [0, 0.05) is 0 Å². The SMILES string of the molecule is CCOC(=O)c1sc(NC(=O)c2ccc(COc3ccc(F)cc3)o2)c(C(=O)OCC)c1C. The van der Waals surface area contributed by atoms with Gasteiger partial charge in [-0.2, -0.15) is 0 Å². The molecule has 174 valence electrons. The van der Waals surface area contributed by atoms with Crippen LogP contribution in [0.4, 0.5) is 9.39 Å². The molecule has 33 heavy (non-hydrogen) atoms. The zero-order valence-electron chi connectivity index (χ0n) is 18.2. The molecule has 0 bridgehead atoms. The van der Waals surface area contributed by atoms with Crippen LogP contribution in [0.3, 0.4) is 0 Å². The Morgan fingerprint density at radius 3 is 2.33 bits per heavy atom. The molecule has 10 heteroatoms. The summed E-state index contributed by atoms with van der Waals surface area (Å²) in [5.41, 5.74) is 0.449. The normalized spacial score (nSPS) is 10.5. The molecular formula is C23H22FNO7S. The second-order valence-corrected chi connectivity index (χ2v) is 7.68. The third-order valence-corrected chi connectivity index (χ3v) is 5.58. The third kappa shape index (κ3) is 5.78. The Balaban J connectivity index is 1.76. The fourth-order valence-electron chi connectivity index (χ4n) is 2.87. The number of halogens is 1. The zero-order chi connectivity index (χ0) is 24.0. The minimum atomic E-state index is -0.662. The number of benzene rings is 1. The molecule has 0 unspecified atom stereocenters. The maximum Gasteiger partial charge on any atom is 0.348 e. The molecule has 1 amide bonds. The Morgan fingerprint density at radius 2 is 1.67 bits per heavy atom. The van der Waals surface area contributed by atoms with Crippen LogP contribution in [0.1, 0.15) is 55.8 Å². The van der Waals surface area contributed by atoms with Crippen molar-refractivity contribution in [2.75, 3.05) is 18.5 Å². The number of thiophene rings is 1. The minimum absolute atomic E-state index is 0.0220. The van der Waals surface area contributed by atoms with Crippen molar-refractivity contribution in [2.45, 2.75) is 27.4 Å². The molecule has 3 aromatic rings. The highest BCUT2D eigenvalue weighted by atomic mass is 32.1. The highest BCUT2D eigenvalue weighted by Crippen LogP contribution is 2.34. The van der Waals surface area contributed by atoms with E-state index in [1.807, 2.05) is 0 Å². The lowest BCUT2D eigenvalue weighted by Crippen LogP contribution is -2.14. The smallest absolute Gasteiger partial charge is 0.348 e. The highest BCUT2D eigenvalue weighted by molar-refractivity contribution is 7.18. The average molecular weight is 475 g/mol. The molecule has 0 saturated heterocycles. The Kier molecular flexibility index (Phi) is 7.83. The van der Waals surface area contributed by atoms with Crippen molar-refractivity contribution < 1.29 is 37.4 Å². The summed E-state index contributed by atoms with van der Waals surface area (Å²) in [6.07, 6.45) is 0. The van der Waals surface area contributed by atoms with Gasteiger partial charge in [0.25, 0.3) is 5.91 Å². The first kappa shape index (κ1) is 24.0. The van der Waals surface area contributed by atoms with Crippen LogP contribution in [-0.4, -0.2) is 31.1 Å². The summed E-state index contributed by atoms with van der Waals surface area (Å²) in [5.74, 6) is -1.47. The van der Waals surface area contributed by atoms with Crippen LogP contribution >= 0.6 is 11.3 Å². The number of hydrogen-bond donors (Lipinski definition) is 1. The Hall–Kier alpha value is -3.66. The van der Waals surface area contributed by atoms with E-state index in [1.54, 1.807) is 26.8 Å². The molecular weight excluding hydrogens is 453 g/mol.